The van der Waals surface area contributed by atoms with Crippen molar-refractivity contribution in [1.82, 2.24) is 10.2 Å². The van der Waals surface area contributed by atoms with Crippen LogP contribution in [0.3, 0.4) is 0 Å². The van der Waals surface area contributed by atoms with Crippen LogP contribution in [0.5, 0.6) is 0 Å². The van der Waals surface area contributed by atoms with Crippen LogP contribution in [0.15, 0.2) is 36.4 Å². The van der Waals surface area contributed by atoms with E-state index in [2.05, 4.69) is 5.32 Å². The number of nitro groups is 1. The number of aryl methyl sites for hydroxylation is 1. The number of nitrogens with one attached hydrogen (secondary N) is 1. The molecule has 38 heavy (non-hydrogen) atoms. The molecule has 1 N–H and O–H groups in total. The number of hydrogen-bond donors (Lipinski definition) is 1. The highest BCUT2D eigenvalue weighted by molar-refractivity contribution is 7.92. The molecule has 0 radical (unpaired) electrons. The highest BCUT2D eigenvalue weighted by atomic mass is 35.5. The summed E-state index contributed by atoms with van der Waals surface area (Å²) in [4.78, 5) is 39.0. The van der Waals surface area contributed by atoms with Crippen molar-refractivity contribution in [2.24, 2.45) is 0 Å². The number of non-ortho nitro benzene ring substituents is 1. The Kier molecular flexibility index (Phi) is 10.2. The first-order valence-electron chi connectivity index (χ1n) is 11.7. The van der Waals surface area contributed by atoms with Gasteiger partial charge in [0, 0.05) is 34.3 Å². The Balaban J connectivity index is 2.58. The zero-order valence-electron chi connectivity index (χ0n) is 22.1. The molecule has 208 valence electrons. The van der Waals surface area contributed by atoms with Crippen molar-refractivity contribution in [3.05, 3.63) is 67.7 Å². The van der Waals surface area contributed by atoms with Crippen LogP contribution in [0.2, 0.25) is 10.0 Å². The predicted octanol–water partition coefficient (Wildman–Crippen LogP) is 4.70. The summed E-state index contributed by atoms with van der Waals surface area (Å²) in [6, 6.07) is 7.53. The fourth-order valence-corrected chi connectivity index (χ4v) is 5.15. The third kappa shape index (κ3) is 8.31. The van der Waals surface area contributed by atoms with Gasteiger partial charge in [0.2, 0.25) is 21.8 Å². The molecule has 0 heterocycles. The highest BCUT2D eigenvalue weighted by Crippen LogP contribution is 2.29. The minimum atomic E-state index is -4.06. The Hall–Kier alpha value is -2.89. The molecular formula is C25H32Cl2N4O6S. The van der Waals surface area contributed by atoms with E-state index in [-0.39, 0.29) is 29.4 Å². The lowest BCUT2D eigenvalue weighted by atomic mass is 10.1. The molecule has 10 nitrogen and oxygen atoms in total. The lowest BCUT2D eigenvalue weighted by Gasteiger charge is -2.34. The third-order valence-corrected chi connectivity index (χ3v) is 7.30. The first-order chi connectivity index (χ1) is 17.4. The van der Waals surface area contributed by atoms with Gasteiger partial charge in [0.25, 0.3) is 5.69 Å². The molecule has 0 aliphatic carbocycles. The Morgan fingerprint density at radius 3 is 2.26 bits per heavy atom. The molecule has 2 amide bonds. The monoisotopic (exact) mass is 586 g/mol. The van der Waals surface area contributed by atoms with Crippen LogP contribution in [-0.2, 0) is 26.2 Å². The first kappa shape index (κ1) is 31.3. The molecule has 0 aliphatic heterocycles. The minimum absolute atomic E-state index is 0.00767. The van der Waals surface area contributed by atoms with Crippen molar-refractivity contribution in [3.63, 3.8) is 0 Å². The van der Waals surface area contributed by atoms with E-state index < -0.39 is 44.9 Å². The molecule has 1 unspecified atom stereocenters. The number of anilines is 1. The van der Waals surface area contributed by atoms with Crippen molar-refractivity contribution < 1.29 is 22.9 Å². The van der Waals surface area contributed by atoms with Crippen molar-refractivity contribution in [1.29, 1.82) is 0 Å². The number of halogens is 2. The first-order valence-corrected chi connectivity index (χ1v) is 14.3. The standard InChI is InChI=1S/C25H32Cl2N4O6S/c1-7-21(24(33)28-25(3,4)5)29(14-17-9-10-18(26)12-20(17)27)23(32)15-30(38(6,36)37)22-13-19(31(34)35)11-8-16(22)2/h8-13,21H,7,14-15H2,1-6H3,(H,28,33). The van der Waals surface area contributed by atoms with Gasteiger partial charge in [0.15, 0.2) is 0 Å². The maximum Gasteiger partial charge on any atom is 0.271 e. The predicted molar refractivity (Wildman–Crippen MR) is 149 cm³/mol. The Morgan fingerprint density at radius 2 is 1.76 bits per heavy atom. The second-order valence-electron chi connectivity index (χ2n) is 9.92. The van der Waals surface area contributed by atoms with Crippen LogP contribution in [0, 0.1) is 17.0 Å². The van der Waals surface area contributed by atoms with Gasteiger partial charge in [-0.2, -0.15) is 0 Å². The van der Waals surface area contributed by atoms with Crippen LogP contribution < -0.4 is 9.62 Å². The summed E-state index contributed by atoms with van der Waals surface area (Å²) in [6.45, 7) is 7.93. The molecule has 0 saturated heterocycles. The van der Waals surface area contributed by atoms with E-state index in [4.69, 9.17) is 23.2 Å². The number of amides is 2. The van der Waals surface area contributed by atoms with Gasteiger partial charge in [0.05, 0.1) is 16.9 Å². The molecule has 0 saturated carbocycles. The van der Waals surface area contributed by atoms with Crippen molar-refractivity contribution >= 4 is 56.4 Å². The molecule has 2 aromatic rings. The Bertz CT molecular complexity index is 1330. The zero-order valence-corrected chi connectivity index (χ0v) is 24.4. The van der Waals surface area contributed by atoms with Gasteiger partial charge in [-0.15, -0.1) is 0 Å². The quantitative estimate of drug-likeness (QED) is 0.317. The lowest BCUT2D eigenvalue weighted by Crippen LogP contribution is -2.55. The van der Waals surface area contributed by atoms with Crippen molar-refractivity contribution in [3.8, 4) is 0 Å². The van der Waals surface area contributed by atoms with Crippen LogP contribution in [-0.4, -0.2) is 54.4 Å². The highest BCUT2D eigenvalue weighted by Gasteiger charge is 2.34. The Morgan fingerprint density at radius 1 is 1.13 bits per heavy atom. The summed E-state index contributed by atoms with van der Waals surface area (Å²) in [5, 5.41) is 14.9. The number of hydrogen-bond acceptors (Lipinski definition) is 6. The second-order valence-corrected chi connectivity index (χ2v) is 12.7. The summed E-state index contributed by atoms with van der Waals surface area (Å²) >= 11 is 12.4. The molecule has 13 heteroatoms. The normalized spacial score (nSPS) is 12.5. The van der Waals surface area contributed by atoms with E-state index >= 15 is 0 Å². The summed E-state index contributed by atoms with van der Waals surface area (Å²) in [7, 11) is -4.06. The Labute approximate surface area is 233 Å². The summed E-state index contributed by atoms with van der Waals surface area (Å²) < 4.78 is 26.4. The number of rotatable bonds is 10. The average molecular weight is 588 g/mol. The number of nitrogens with zero attached hydrogens (tertiary/aromatic N) is 3. The molecule has 0 aliphatic rings. The maximum absolute atomic E-state index is 13.8. The van der Waals surface area contributed by atoms with Crippen molar-refractivity contribution in [2.75, 3.05) is 17.1 Å². The number of carbonyl (C=O) groups is 2. The number of sulfonamides is 1. The van der Waals surface area contributed by atoms with Crippen molar-refractivity contribution in [2.45, 2.75) is 59.2 Å². The summed E-state index contributed by atoms with van der Waals surface area (Å²) in [6.07, 6.45) is 1.14. The SMILES string of the molecule is CCC(C(=O)NC(C)(C)C)N(Cc1ccc(Cl)cc1Cl)C(=O)CN(c1cc([N+](=O)[O-])ccc1C)S(C)(=O)=O. The minimum Gasteiger partial charge on any atom is -0.350 e. The number of nitro benzene ring substituents is 1. The fourth-order valence-electron chi connectivity index (χ4n) is 3.78. The summed E-state index contributed by atoms with van der Waals surface area (Å²) in [5.41, 5.74) is -0.00237. The molecular weight excluding hydrogens is 555 g/mol. The molecule has 2 aromatic carbocycles. The second kappa shape index (κ2) is 12.3. The van der Waals surface area contributed by atoms with Gasteiger partial charge in [0.1, 0.15) is 12.6 Å². The van der Waals surface area contributed by atoms with Gasteiger partial charge in [-0.05, 0) is 57.4 Å². The largest absolute Gasteiger partial charge is 0.350 e. The van der Waals surface area contributed by atoms with Gasteiger partial charge in [-0.25, -0.2) is 8.42 Å². The van der Waals surface area contributed by atoms with Gasteiger partial charge in [-0.1, -0.05) is 42.3 Å². The molecule has 1 atom stereocenters. The van der Waals surface area contributed by atoms with E-state index in [1.165, 1.54) is 23.1 Å². The zero-order chi connectivity index (χ0) is 29.0. The molecule has 0 spiro atoms. The van der Waals surface area contributed by atoms with E-state index in [1.54, 1.807) is 46.8 Å². The molecule has 0 bridgehead atoms. The number of benzene rings is 2. The van der Waals surface area contributed by atoms with E-state index in [1.807, 2.05) is 0 Å². The molecule has 0 fully saturated rings. The van der Waals surface area contributed by atoms with Crippen LogP contribution in [0.4, 0.5) is 11.4 Å². The van der Waals surface area contributed by atoms with Crippen LogP contribution in [0.25, 0.3) is 0 Å². The van der Waals surface area contributed by atoms with E-state index in [0.29, 0.717) is 16.1 Å². The van der Waals surface area contributed by atoms with Gasteiger partial charge in [-0.3, -0.25) is 24.0 Å². The third-order valence-electron chi connectivity index (χ3n) is 5.59. The van der Waals surface area contributed by atoms with Gasteiger partial charge >= 0.3 is 0 Å². The number of carbonyl (C=O) groups excluding carboxylic acids is 2. The van der Waals surface area contributed by atoms with Gasteiger partial charge < -0.3 is 10.2 Å². The molecule has 0 aromatic heterocycles. The van der Waals surface area contributed by atoms with Crippen LogP contribution in [0.1, 0.15) is 45.2 Å². The fraction of sp³-hybridized carbons (Fsp3) is 0.440. The maximum atomic E-state index is 13.8. The van der Waals surface area contributed by atoms with E-state index in [0.717, 1.165) is 16.6 Å². The van der Waals surface area contributed by atoms with E-state index in [9.17, 15) is 28.1 Å². The van der Waals surface area contributed by atoms with Crippen LogP contribution >= 0.6 is 23.2 Å². The smallest absolute Gasteiger partial charge is 0.271 e. The lowest BCUT2D eigenvalue weighted by molar-refractivity contribution is -0.384. The average Bonchev–Trinajstić information content (AvgIpc) is 2.77. The molecule has 2 rings (SSSR count). The topological polar surface area (TPSA) is 130 Å². The summed E-state index contributed by atoms with van der Waals surface area (Å²) in [5.74, 6) is -1.11.